The van der Waals surface area contributed by atoms with Gasteiger partial charge in [-0.1, -0.05) is 42.3 Å². The maximum Gasteiger partial charge on any atom is 0.138 e. The predicted molar refractivity (Wildman–Crippen MR) is 137 cm³/mol. The van der Waals surface area contributed by atoms with E-state index in [1.807, 2.05) is 30.3 Å². The molecule has 1 aliphatic heterocycles. The van der Waals surface area contributed by atoms with Crippen molar-refractivity contribution >= 4 is 22.5 Å². The Hall–Kier alpha value is -3.28. The molecule has 3 aromatic carbocycles. The number of rotatable bonds is 6. The summed E-state index contributed by atoms with van der Waals surface area (Å²) in [6.45, 7) is 1.62. The van der Waals surface area contributed by atoms with Crippen LogP contribution in [-0.2, 0) is 0 Å². The van der Waals surface area contributed by atoms with E-state index in [2.05, 4.69) is 10.3 Å². The molecule has 1 saturated heterocycles. The fourth-order valence-corrected chi connectivity index (χ4v) is 4.86. The standard InChI is InChI=1S/C28H27ClN2O3/c29-26-16-27-24(15-23(26)18-5-3-8-21(32)13-18)28(34-12-10-20-7-1-2-11-30-20)25(17-31-27)19-6-4-9-22(33)14-19/h3-6,8-9,13-17,20,30,32-33H,1-2,7,10-12H2/t20-/m1/s1. The number of fused-ring (bicyclic) bond motifs is 1. The van der Waals surface area contributed by atoms with Gasteiger partial charge in [0.2, 0.25) is 0 Å². The molecule has 34 heavy (non-hydrogen) atoms. The number of piperidine rings is 1. The Bertz CT molecular complexity index is 1320. The third-order valence-electron chi connectivity index (χ3n) is 6.35. The van der Waals surface area contributed by atoms with E-state index in [0.717, 1.165) is 52.5 Å². The van der Waals surface area contributed by atoms with Gasteiger partial charge < -0.3 is 20.3 Å². The monoisotopic (exact) mass is 474 g/mol. The predicted octanol–water partition coefficient (Wildman–Crippen LogP) is 6.54. The van der Waals surface area contributed by atoms with Gasteiger partial charge in [-0.25, -0.2) is 0 Å². The summed E-state index contributed by atoms with van der Waals surface area (Å²) in [5.74, 6) is 1.08. The second-order valence-electron chi connectivity index (χ2n) is 8.73. The van der Waals surface area contributed by atoms with Crippen molar-refractivity contribution in [1.82, 2.24) is 10.3 Å². The summed E-state index contributed by atoms with van der Waals surface area (Å²) < 4.78 is 6.45. The molecule has 3 N–H and O–H groups in total. The van der Waals surface area contributed by atoms with Gasteiger partial charge in [0.15, 0.2) is 0 Å². The summed E-state index contributed by atoms with van der Waals surface area (Å²) in [6, 6.07) is 18.4. The number of aromatic hydroxyl groups is 2. The van der Waals surface area contributed by atoms with Gasteiger partial charge in [0, 0.05) is 28.8 Å². The van der Waals surface area contributed by atoms with Gasteiger partial charge >= 0.3 is 0 Å². The molecule has 5 nitrogen and oxygen atoms in total. The van der Waals surface area contributed by atoms with Gasteiger partial charge in [0.25, 0.3) is 0 Å². The first-order valence-corrected chi connectivity index (χ1v) is 12.0. The first-order valence-electron chi connectivity index (χ1n) is 11.7. The Morgan fingerprint density at radius 3 is 2.35 bits per heavy atom. The molecule has 0 spiro atoms. The number of hydrogen-bond acceptors (Lipinski definition) is 5. The fourth-order valence-electron chi connectivity index (χ4n) is 4.59. The third kappa shape index (κ3) is 4.81. The SMILES string of the molecule is Oc1cccc(-c2cc3c(OCC[C@H]4CCCCN4)c(-c4cccc(O)c4)cnc3cc2Cl)c1. The van der Waals surface area contributed by atoms with Crippen molar-refractivity contribution < 1.29 is 14.9 Å². The van der Waals surface area contributed by atoms with E-state index >= 15 is 0 Å². The molecular weight excluding hydrogens is 448 g/mol. The van der Waals surface area contributed by atoms with Crippen LogP contribution in [0, 0.1) is 0 Å². The minimum atomic E-state index is 0.178. The van der Waals surface area contributed by atoms with E-state index in [1.165, 1.54) is 12.8 Å². The Labute approximate surface area is 204 Å². The van der Waals surface area contributed by atoms with E-state index in [-0.39, 0.29) is 11.5 Å². The second-order valence-corrected chi connectivity index (χ2v) is 9.14. The first kappa shape index (κ1) is 22.5. The number of aromatic nitrogens is 1. The summed E-state index contributed by atoms with van der Waals surface area (Å²) in [7, 11) is 0. The largest absolute Gasteiger partial charge is 0.508 e. The van der Waals surface area contributed by atoms with Crippen molar-refractivity contribution in [2.24, 2.45) is 0 Å². The average Bonchev–Trinajstić information content (AvgIpc) is 2.84. The van der Waals surface area contributed by atoms with Crippen LogP contribution in [0.2, 0.25) is 5.02 Å². The molecule has 0 radical (unpaired) electrons. The molecule has 2 heterocycles. The van der Waals surface area contributed by atoms with Gasteiger partial charge in [-0.3, -0.25) is 4.98 Å². The van der Waals surface area contributed by atoms with Crippen molar-refractivity contribution in [1.29, 1.82) is 0 Å². The molecule has 0 saturated carbocycles. The minimum Gasteiger partial charge on any atom is -0.508 e. The molecule has 0 aliphatic carbocycles. The van der Waals surface area contributed by atoms with Crippen molar-refractivity contribution in [3.05, 3.63) is 71.9 Å². The normalized spacial score (nSPS) is 16.0. The lowest BCUT2D eigenvalue weighted by molar-refractivity contribution is 0.271. The molecular formula is C28H27ClN2O3. The van der Waals surface area contributed by atoms with Gasteiger partial charge in [-0.15, -0.1) is 0 Å². The molecule has 1 fully saturated rings. The van der Waals surface area contributed by atoms with Crippen LogP contribution >= 0.6 is 11.6 Å². The quantitative estimate of drug-likeness (QED) is 0.295. The molecule has 0 unspecified atom stereocenters. The summed E-state index contributed by atoms with van der Waals surface area (Å²) in [6.07, 6.45) is 6.33. The first-order chi connectivity index (χ1) is 16.6. The van der Waals surface area contributed by atoms with Crippen LogP contribution < -0.4 is 10.1 Å². The number of ether oxygens (including phenoxy) is 1. The minimum absolute atomic E-state index is 0.178. The highest BCUT2D eigenvalue weighted by Crippen LogP contribution is 2.41. The zero-order valence-corrected chi connectivity index (χ0v) is 19.6. The highest BCUT2D eigenvalue weighted by atomic mass is 35.5. The van der Waals surface area contributed by atoms with Gasteiger partial charge in [0.05, 0.1) is 17.1 Å². The van der Waals surface area contributed by atoms with Crippen molar-refractivity contribution in [3.8, 4) is 39.5 Å². The number of nitrogens with zero attached hydrogens (tertiary/aromatic N) is 1. The van der Waals surface area contributed by atoms with Crippen LogP contribution in [0.15, 0.2) is 66.9 Å². The fraction of sp³-hybridized carbons (Fsp3) is 0.250. The number of phenolic OH excluding ortho intramolecular Hbond substituents is 2. The molecule has 0 amide bonds. The number of nitrogens with one attached hydrogen (secondary N) is 1. The molecule has 1 atom stereocenters. The van der Waals surface area contributed by atoms with Gasteiger partial charge in [-0.2, -0.15) is 0 Å². The lowest BCUT2D eigenvalue weighted by atomic mass is 9.99. The van der Waals surface area contributed by atoms with Crippen LogP contribution in [0.3, 0.4) is 0 Å². The summed E-state index contributed by atoms with van der Waals surface area (Å²) in [4.78, 5) is 4.65. The molecule has 0 bridgehead atoms. The Morgan fingerprint density at radius 2 is 1.68 bits per heavy atom. The Morgan fingerprint density at radius 1 is 0.941 bits per heavy atom. The van der Waals surface area contributed by atoms with Crippen LogP contribution in [0.1, 0.15) is 25.7 Å². The maximum atomic E-state index is 10.1. The highest BCUT2D eigenvalue weighted by molar-refractivity contribution is 6.34. The molecule has 174 valence electrons. The number of benzene rings is 3. The summed E-state index contributed by atoms with van der Waals surface area (Å²) >= 11 is 6.62. The van der Waals surface area contributed by atoms with Crippen LogP contribution in [-0.4, -0.2) is 34.4 Å². The number of hydrogen-bond donors (Lipinski definition) is 3. The van der Waals surface area contributed by atoms with Crippen LogP contribution in [0.4, 0.5) is 0 Å². The van der Waals surface area contributed by atoms with Gasteiger partial charge in [-0.05, 0) is 73.3 Å². The number of halogens is 1. The molecule has 6 heteroatoms. The molecule has 1 aromatic heterocycles. The van der Waals surface area contributed by atoms with Crippen LogP contribution in [0.25, 0.3) is 33.2 Å². The van der Waals surface area contributed by atoms with E-state index in [0.29, 0.717) is 23.4 Å². The van der Waals surface area contributed by atoms with E-state index < -0.39 is 0 Å². The summed E-state index contributed by atoms with van der Waals surface area (Å²) in [5.41, 5.74) is 3.97. The molecule has 1 aliphatic rings. The molecule has 4 aromatic rings. The second kappa shape index (κ2) is 9.92. The number of pyridine rings is 1. The zero-order chi connectivity index (χ0) is 23.5. The highest BCUT2D eigenvalue weighted by Gasteiger charge is 2.18. The van der Waals surface area contributed by atoms with E-state index in [1.54, 1.807) is 36.5 Å². The Kier molecular flexibility index (Phi) is 6.57. The number of phenols is 2. The maximum absolute atomic E-state index is 10.1. The smallest absolute Gasteiger partial charge is 0.138 e. The van der Waals surface area contributed by atoms with Gasteiger partial charge in [0.1, 0.15) is 17.2 Å². The van der Waals surface area contributed by atoms with Crippen molar-refractivity contribution in [3.63, 3.8) is 0 Å². The average molecular weight is 475 g/mol. The van der Waals surface area contributed by atoms with Crippen molar-refractivity contribution in [2.45, 2.75) is 31.7 Å². The molecule has 5 rings (SSSR count). The Balaban J connectivity index is 1.60. The lowest BCUT2D eigenvalue weighted by Crippen LogP contribution is -2.35. The van der Waals surface area contributed by atoms with Crippen molar-refractivity contribution in [2.75, 3.05) is 13.2 Å². The van der Waals surface area contributed by atoms with E-state index in [9.17, 15) is 10.2 Å². The lowest BCUT2D eigenvalue weighted by Gasteiger charge is -2.24. The topological polar surface area (TPSA) is 74.6 Å². The summed E-state index contributed by atoms with van der Waals surface area (Å²) in [5, 5.41) is 25.0. The third-order valence-corrected chi connectivity index (χ3v) is 6.66. The van der Waals surface area contributed by atoms with Crippen LogP contribution in [0.5, 0.6) is 17.2 Å². The van der Waals surface area contributed by atoms with E-state index in [4.69, 9.17) is 16.3 Å². The zero-order valence-electron chi connectivity index (χ0n) is 18.8.